The molecule has 32 heavy (non-hydrogen) atoms. The topological polar surface area (TPSA) is 88.9 Å². The highest BCUT2D eigenvalue weighted by Gasteiger charge is 2.25. The minimum Gasteiger partial charge on any atom is -0.342 e. The first-order chi connectivity index (χ1) is 15.3. The van der Waals surface area contributed by atoms with Gasteiger partial charge in [-0.05, 0) is 42.3 Å². The summed E-state index contributed by atoms with van der Waals surface area (Å²) in [5, 5.41) is 15.9. The summed E-state index contributed by atoms with van der Waals surface area (Å²) in [6.07, 6.45) is 0. The number of hydrogen-bond donors (Lipinski definition) is 2. The summed E-state index contributed by atoms with van der Waals surface area (Å²) in [7, 11) is 1.81. The van der Waals surface area contributed by atoms with Gasteiger partial charge in [-0.25, -0.2) is 0 Å². The molecular weight excluding hydrogens is 469 g/mol. The number of rotatable bonds is 8. The second kappa shape index (κ2) is 10.8. The van der Waals surface area contributed by atoms with Gasteiger partial charge in [0.1, 0.15) is 0 Å². The van der Waals surface area contributed by atoms with Gasteiger partial charge in [0, 0.05) is 17.6 Å². The van der Waals surface area contributed by atoms with Crippen LogP contribution in [0.15, 0.2) is 53.7 Å². The maximum atomic E-state index is 12.7. The van der Waals surface area contributed by atoms with Crippen molar-refractivity contribution in [3.8, 4) is 0 Å². The van der Waals surface area contributed by atoms with E-state index in [-0.39, 0.29) is 29.5 Å². The standard InChI is InChI=1S/C22H23Cl2N5O2S/c1-13(2)19(26-21(31)14-8-10-15(23)11-9-14)20-27-28-22(29(20)3)32-12-18(30)25-17-7-5-4-6-16(17)24/h4-11,13,19H,12H2,1-3H3,(H,25,30)(H,26,31)/t19-/m1/s1. The molecular formula is C22H23Cl2N5O2S. The Morgan fingerprint density at radius 1 is 1.06 bits per heavy atom. The van der Waals surface area contributed by atoms with E-state index in [0.717, 1.165) is 0 Å². The van der Waals surface area contributed by atoms with E-state index in [1.165, 1.54) is 11.8 Å². The van der Waals surface area contributed by atoms with Crippen molar-refractivity contribution in [1.82, 2.24) is 20.1 Å². The molecule has 1 atom stereocenters. The summed E-state index contributed by atoms with van der Waals surface area (Å²) in [6, 6.07) is 13.4. The van der Waals surface area contributed by atoms with E-state index in [0.29, 0.717) is 32.3 Å². The van der Waals surface area contributed by atoms with Gasteiger partial charge in [-0.2, -0.15) is 0 Å². The molecule has 2 aromatic carbocycles. The van der Waals surface area contributed by atoms with Crippen LogP contribution >= 0.6 is 35.0 Å². The van der Waals surface area contributed by atoms with Crippen molar-refractivity contribution in [3.63, 3.8) is 0 Å². The van der Waals surface area contributed by atoms with Crippen LogP contribution in [0.25, 0.3) is 0 Å². The number of anilines is 1. The highest BCUT2D eigenvalue weighted by atomic mass is 35.5. The number of halogens is 2. The normalized spacial score (nSPS) is 11.9. The van der Waals surface area contributed by atoms with Crippen molar-refractivity contribution in [2.75, 3.05) is 11.1 Å². The molecule has 0 aliphatic carbocycles. The predicted molar refractivity (Wildman–Crippen MR) is 128 cm³/mol. The summed E-state index contributed by atoms with van der Waals surface area (Å²) >= 11 is 13.2. The Morgan fingerprint density at radius 3 is 2.41 bits per heavy atom. The molecule has 3 aromatic rings. The van der Waals surface area contributed by atoms with E-state index >= 15 is 0 Å². The quantitative estimate of drug-likeness (QED) is 0.433. The van der Waals surface area contributed by atoms with Crippen LogP contribution in [0.3, 0.4) is 0 Å². The second-order valence-electron chi connectivity index (χ2n) is 7.42. The molecule has 10 heteroatoms. The molecule has 0 spiro atoms. The molecule has 0 fully saturated rings. The lowest BCUT2D eigenvalue weighted by Crippen LogP contribution is -2.33. The molecule has 168 valence electrons. The third-order valence-electron chi connectivity index (χ3n) is 4.69. The Kier molecular flexibility index (Phi) is 8.17. The van der Waals surface area contributed by atoms with Gasteiger partial charge in [0.05, 0.1) is 22.5 Å². The van der Waals surface area contributed by atoms with Crippen LogP contribution in [0.4, 0.5) is 5.69 Å². The molecule has 1 heterocycles. The predicted octanol–water partition coefficient (Wildman–Crippen LogP) is 4.98. The molecule has 1 aromatic heterocycles. The summed E-state index contributed by atoms with van der Waals surface area (Å²) in [6.45, 7) is 3.98. The molecule has 3 rings (SSSR count). The molecule has 0 aliphatic heterocycles. The number of benzene rings is 2. The fraction of sp³-hybridized carbons (Fsp3) is 0.273. The first kappa shape index (κ1) is 24.1. The third kappa shape index (κ3) is 6.03. The van der Waals surface area contributed by atoms with E-state index in [4.69, 9.17) is 23.2 Å². The lowest BCUT2D eigenvalue weighted by atomic mass is 10.0. The van der Waals surface area contributed by atoms with Gasteiger partial charge in [-0.1, -0.05) is 60.9 Å². The number of amides is 2. The summed E-state index contributed by atoms with van der Waals surface area (Å²) < 4.78 is 1.79. The largest absolute Gasteiger partial charge is 0.342 e. The van der Waals surface area contributed by atoms with Crippen molar-refractivity contribution >= 4 is 52.5 Å². The van der Waals surface area contributed by atoms with Gasteiger partial charge in [0.2, 0.25) is 5.91 Å². The maximum absolute atomic E-state index is 12.7. The van der Waals surface area contributed by atoms with Gasteiger partial charge < -0.3 is 15.2 Å². The van der Waals surface area contributed by atoms with Gasteiger partial charge in [0.15, 0.2) is 11.0 Å². The molecule has 0 saturated carbocycles. The van der Waals surface area contributed by atoms with Gasteiger partial charge in [-0.15, -0.1) is 10.2 Å². The number of aromatic nitrogens is 3. The molecule has 7 nitrogen and oxygen atoms in total. The lowest BCUT2D eigenvalue weighted by molar-refractivity contribution is -0.113. The Balaban J connectivity index is 1.67. The minimum absolute atomic E-state index is 0.0653. The Labute approximate surface area is 200 Å². The van der Waals surface area contributed by atoms with Crippen LogP contribution in [-0.2, 0) is 11.8 Å². The SMILES string of the molecule is CC(C)[C@@H](NC(=O)c1ccc(Cl)cc1)c1nnc(SCC(=O)Nc2ccccc2Cl)n1C. The van der Waals surface area contributed by atoms with Crippen molar-refractivity contribution in [3.05, 3.63) is 70.0 Å². The summed E-state index contributed by atoms with van der Waals surface area (Å²) in [4.78, 5) is 25.0. The van der Waals surface area contributed by atoms with E-state index in [2.05, 4.69) is 20.8 Å². The number of para-hydroxylation sites is 1. The maximum Gasteiger partial charge on any atom is 0.251 e. The minimum atomic E-state index is -0.359. The second-order valence-corrected chi connectivity index (χ2v) is 9.20. The van der Waals surface area contributed by atoms with Crippen LogP contribution in [0.1, 0.15) is 36.1 Å². The van der Waals surface area contributed by atoms with Crippen LogP contribution in [0.2, 0.25) is 10.0 Å². The molecule has 0 unspecified atom stereocenters. The summed E-state index contributed by atoms with van der Waals surface area (Å²) in [5.74, 6) is 0.383. The number of nitrogens with one attached hydrogen (secondary N) is 2. The number of thioether (sulfide) groups is 1. The highest BCUT2D eigenvalue weighted by molar-refractivity contribution is 7.99. The van der Waals surface area contributed by atoms with Gasteiger partial charge in [0.25, 0.3) is 5.91 Å². The van der Waals surface area contributed by atoms with Gasteiger partial charge >= 0.3 is 0 Å². The van der Waals surface area contributed by atoms with Crippen molar-refractivity contribution < 1.29 is 9.59 Å². The van der Waals surface area contributed by atoms with Crippen LogP contribution in [-0.4, -0.2) is 32.3 Å². The molecule has 0 bridgehead atoms. The fourth-order valence-electron chi connectivity index (χ4n) is 2.96. The van der Waals surface area contributed by atoms with Gasteiger partial charge in [-0.3, -0.25) is 9.59 Å². The monoisotopic (exact) mass is 491 g/mol. The molecule has 0 saturated heterocycles. The van der Waals surface area contributed by atoms with Crippen LogP contribution < -0.4 is 10.6 Å². The molecule has 2 amide bonds. The van der Waals surface area contributed by atoms with Crippen LogP contribution in [0, 0.1) is 5.92 Å². The zero-order chi connectivity index (χ0) is 23.3. The number of nitrogens with zero attached hydrogens (tertiary/aromatic N) is 3. The Morgan fingerprint density at radius 2 is 1.75 bits per heavy atom. The number of carbonyl (C=O) groups is 2. The third-order valence-corrected chi connectivity index (χ3v) is 6.29. The molecule has 0 aliphatic rings. The van der Waals surface area contributed by atoms with Crippen molar-refractivity contribution in [2.45, 2.75) is 25.0 Å². The zero-order valence-electron chi connectivity index (χ0n) is 17.8. The first-order valence-electron chi connectivity index (χ1n) is 9.89. The number of hydrogen-bond acceptors (Lipinski definition) is 5. The number of carbonyl (C=O) groups excluding carboxylic acids is 2. The zero-order valence-corrected chi connectivity index (χ0v) is 20.1. The van der Waals surface area contributed by atoms with E-state index in [1.807, 2.05) is 20.9 Å². The smallest absolute Gasteiger partial charge is 0.251 e. The Bertz CT molecular complexity index is 1100. The molecule has 0 radical (unpaired) electrons. The average molecular weight is 492 g/mol. The van der Waals surface area contributed by atoms with Crippen LogP contribution in [0.5, 0.6) is 0 Å². The van der Waals surface area contributed by atoms with E-state index in [9.17, 15) is 9.59 Å². The Hall–Kier alpha value is -2.55. The fourth-order valence-corrected chi connectivity index (χ4v) is 3.98. The first-order valence-corrected chi connectivity index (χ1v) is 11.6. The van der Waals surface area contributed by atoms with E-state index < -0.39 is 0 Å². The lowest BCUT2D eigenvalue weighted by Gasteiger charge is -2.21. The average Bonchev–Trinajstić information content (AvgIpc) is 3.12. The molecule has 2 N–H and O–H groups in total. The highest BCUT2D eigenvalue weighted by Crippen LogP contribution is 2.25. The van der Waals surface area contributed by atoms with E-state index in [1.54, 1.807) is 53.1 Å². The van der Waals surface area contributed by atoms with Crippen molar-refractivity contribution in [1.29, 1.82) is 0 Å². The summed E-state index contributed by atoms with van der Waals surface area (Å²) in [5.41, 5.74) is 1.07. The van der Waals surface area contributed by atoms with Crippen molar-refractivity contribution in [2.24, 2.45) is 13.0 Å².